The Hall–Kier alpha value is -1.96. The zero-order valence-electron chi connectivity index (χ0n) is 9.84. The summed E-state index contributed by atoms with van der Waals surface area (Å²) in [5.74, 6) is 0.187. The number of nitriles is 1. The van der Waals surface area contributed by atoms with Crippen molar-refractivity contribution in [3.05, 3.63) is 17.4 Å². The van der Waals surface area contributed by atoms with Crippen LogP contribution in [0.4, 0.5) is 10.7 Å². The first-order valence-electron chi connectivity index (χ1n) is 4.91. The van der Waals surface area contributed by atoms with E-state index in [1.165, 1.54) is 13.3 Å². The van der Waals surface area contributed by atoms with E-state index in [-0.39, 0.29) is 11.3 Å². The highest BCUT2D eigenvalue weighted by atomic mass is 16.3. The highest BCUT2D eigenvalue weighted by Crippen LogP contribution is 2.31. The maximum absolute atomic E-state index is 11.1. The molecule has 5 nitrogen and oxygen atoms in total. The maximum Gasteiger partial charge on any atom is 0.321 e. The summed E-state index contributed by atoms with van der Waals surface area (Å²) in [6.07, 6.45) is 1.50. The number of nitrogens with zero attached hydrogens (tertiary/aromatic N) is 1. The van der Waals surface area contributed by atoms with E-state index >= 15 is 0 Å². The third-order valence-corrected chi connectivity index (χ3v) is 2.16. The smallest absolute Gasteiger partial charge is 0.321 e. The fraction of sp³-hybridized carbons (Fsp3) is 0.455. The van der Waals surface area contributed by atoms with Gasteiger partial charge in [0.05, 0.1) is 6.26 Å². The summed E-state index contributed by atoms with van der Waals surface area (Å²) >= 11 is 0. The molecular formula is C11H15N3O2. The standard InChI is InChI=1S/C11H15N3O2/c1-11(2,3)8-6-16-9(7(8)5-12)14-10(15)13-4/h6H,1-4H3,(H2,13,14,15). The third-order valence-electron chi connectivity index (χ3n) is 2.16. The molecule has 2 N–H and O–H groups in total. The SMILES string of the molecule is CNC(=O)Nc1occ(C(C)(C)C)c1C#N. The van der Waals surface area contributed by atoms with Gasteiger partial charge in [0.25, 0.3) is 0 Å². The van der Waals surface area contributed by atoms with Gasteiger partial charge in [0.1, 0.15) is 11.6 Å². The summed E-state index contributed by atoms with van der Waals surface area (Å²) < 4.78 is 5.19. The van der Waals surface area contributed by atoms with Crippen LogP contribution in [0.2, 0.25) is 0 Å². The van der Waals surface area contributed by atoms with Crippen LogP contribution in [0.15, 0.2) is 10.7 Å². The quantitative estimate of drug-likeness (QED) is 0.763. The lowest BCUT2D eigenvalue weighted by molar-refractivity contribution is 0.253. The van der Waals surface area contributed by atoms with Crippen molar-refractivity contribution in [3.8, 4) is 6.07 Å². The van der Waals surface area contributed by atoms with Crippen LogP contribution in [-0.4, -0.2) is 13.1 Å². The van der Waals surface area contributed by atoms with E-state index in [0.717, 1.165) is 5.56 Å². The van der Waals surface area contributed by atoms with E-state index in [1.807, 2.05) is 26.8 Å². The zero-order chi connectivity index (χ0) is 12.3. The summed E-state index contributed by atoms with van der Waals surface area (Å²) in [6.45, 7) is 5.92. The highest BCUT2D eigenvalue weighted by Gasteiger charge is 2.24. The lowest BCUT2D eigenvalue weighted by Crippen LogP contribution is -2.24. The average molecular weight is 221 g/mol. The fourth-order valence-corrected chi connectivity index (χ4v) is 1.28. The van der Waals surface area contributed by atoms with Gasteiger partial charge >= 0.3 is 6.03 Å². The van der Waals surface area contributed by atoms with Gasteiger partial charge in [-0.15, -0.1) is 0 Å². The Morgan fingerprint density at radius 3 is 2.56 bits per heavy atom. The summed E-state index contributed by atoms with van der Waals surface area (Å²) in [5.41, 5.74) is 0.953. The number of furan rings is 1. The molecule has 86 valence electrons. The molecule has 5 heteroatoms. The molecule has 0 spiro atoms. The summed E-state index contributed by atoms with van der Waals surface area (Å²) in [4.78, 5) is 11.1. The molecule has 0 bridgehead atoms. The number of rotatable bonds is 1. The predicted molar refractivity (Wildman–Crippen MR) is 60.2 cm³/mol. The van der Waals surface area contributed by atoms with E-state index in [1.54, 1.807) is 0 Å². The third kappa shape index (κ3) is 2.34. The Labute approximate surface area is 94.4 Å². The van der Waals surface area contributed by atoms with Gasteiger partial charge in [-0.2, -0.15) is 5.26 Å². The van der Waals surface area contributed by atoms with Gasteiger partial charge in [0, 0.05) is 12.6 Å². The highest BCUT2D eigenvalue weighted by molar-refractivity contribution is 5.89. The van der Waals surface area contributed by atoms with Crippen molar-refractivity contribution in [2.75, 3.05) is 12.4 Å². The van der Waals surface area contributed by atoms with Gasteiger partial charge < -0.3 is 9.73 Å². The number of nitrogens with one attached hydrogen (secondary N) is 2. The first kappa shape index (κ1) is 12.1. The Morgan fingerprint density at radius 1 is 1.50 bits per heavy atom. The van der Waals surface area contributed by atoms with Crippen molar-refractivity contribution in [2.24, 2.45) is 0 Å². The summed E-state index contributed by atoms with van der Waals surface area (Å²) in [6, 6.07) is 1.63. The second kappa shape index (κ2) is 4.27. The number of anilines is 1. The topological polar surface area (TPSA) is 78.1 Å². The molecule has 0 atom stereocenters. The summed E-state index contributed by atoms with van der Waals surface area (Å²) in [5, 5.41) is 13.9. The number of carbonyl (C=O) groups excluding carboxylic acids is 1. The Morgan fingerprint density at radius 2 is 2.12 bits per heavy atom. The molecule has 0 radical (unpaired) electrons. The van der Waals surface area contributed by atoms with Gasteiger partial charge in [-0.3, -0.25) is 5.32 Å². The molecule has 0 aliphatic carbocycles. The van der Waals surface area contributed by atoms with E-state index in [9.17, 15) is 4.79 Å². The largest absolute Gasteiger partial charge is 0.447 e. The number of hydrogen-bond acceptors (Lipinski definition) is 3. The van der Waals surface area contributed by atoms with Gasteiger partial charge in [-0.1, -0.05) is 20.8 Å². The fourth-order valence-electron chi connectivity index (χ4n) is 1.28. The number of amides is 2. The van der Waals surface area contributed by atoms with E-state index in [4.69, 9.17) is 9.68 Å². The Bertz CT molecular complexity index is 435. The van der Waals surface area contributed by atoms with E-state index in [0.29, 0.717) is 5.56 Å². The van der Waals surface area contributed by atoms with Crippen molar-refractivity contribution in [1.82, 2.24) is 5.32 Å². The predicted octanol–water partition coefficient (Wildman–Crippen LogP) is 2.20. The average Bonchev–Trinajstić information content (AvgIpc) is 2.60. The van der Waals surface area contributed by atoms with Crippen molar-refractivity contribution in [3.63, 3.8) is 0 Å². The van der Waals surface area contributed by atoms with Crippen molar-refractivity contribution < 1.29 is 9.21 Å². The van der Waals surface area contributed by atoms with Gasteiger partial charge in [0.15, 0.2) is 0 Å². The zero-order valence-corrected chi connectivity index (χ0v) is 9.84. The molecule has 0 aliphatic rings. The van der Waals surface area contributed by atoms with Crippen LogP contribution >= 0.6 is 0 Å². The van der Waals surface area contributed by atoms with Crippen LogP contribution in [0.1, 0.15) is 31.9 Å². The molecule has 0 fully saturated rings. The normalized spacial score (nSPS) is 10.7. The van der Waals surface area contributed by atoms with E-state index in [2.05, 4.69) is 10.6 Å². The lowest BCUT2D eigenvalue weighted by Gasteiger charge is -2.16. The molecule has 1 aromatic rings. The van der Waals surface area contributed by atoms with Crippen molar-refractivity contribution in [1.29, 1.82) is 5.26 Å². The van der Waals surface area contributed by atoms with Crippen LogP contribution in [0.25, 0.3) is 0 Å². The van der Waals surface area contributed by atoms with Gasteiger partial charge in [-0.05, 0) is 5.41 Å². The molecule has 0 saturated carbocycles. The first-order valence-corrected chi connectivity index (χ1v) is 4.91. The van der Waals surface area contributed by atoms with Crippen LogP contribution in [0, 0.1) is 11.3 Å². The van der Waals surface area contributed by atoms with Gasteiger partial charge in [-0.25, -0.2) is 4.79 Å². The molecule has 0 aliphatic heterocycles. The lowest BCUT2D eigenvalue weighted by atomic mass is 9.86. The molecule has 1 heterocycles. The first-order chi connectivity index (χ1) is 7.40. The Balaban J connectivity index is 3.11. The monoisotopic (exact) mass is 221 g/mol. The molecule has 2 amide bonds. The minimum atomic E-state index is -0.411. The minimum Gasteiger partial charge on any atom is -0.447 e. The number of urea groups is 1. The molecule has 0 saturated heterocycles. The molecular weight excluding hydrogens is 206 g/mol. The molecule has 0 unspecified atom stereocenters. The molecule has 16 heavy (non-hydrogen) atoms. The molecule has 1 aromatic heterocycles. The number of hydrogen-bond donors (Lipinski definition) is 2. The molecule has 0 aromatic carbocycles. The van der Waals surface area contributed by atoms with Crippen LogP contribution in [-0.2, 0) is 5.41 Å². The second-order valence-electron chi connectivity index (χ2n) is 4.42. The van der Waals surface area contributed by atoms with E-state index < -0.39 is 6.03 Å². The minimum absolute atomic E-state index is 0.187. The maximum atomic E-state index is 11.1. The van der Waals surface area contributed by atoms with Gasteiger partial charge in [0.2, 0.25) is 5.88 Å². The summed E-state index contributed by atoms with van der Waals surface area (Å²) in [7, 11) is 1.50. The number of carbonyl (C=O) groups is 1. The van der Waals surface area contributed by atoms with Crippen LogP contribution < -0.4 is 10.6 Å². The Kier molecular flexibility index (Phi) is 3.23. The van der Waals surface area contributed by atoms with Crippen LogP contribution in [0.3, 0.4) is 0 Å². The molecule has 1 rings (SSSR count). The van der Waals surface area contributed by atoms with Crippen molar-refractivity contribution in [2.45, 2.75) is 26.2 Å². The second-order valence-corrected chi connectivity index (χ2v) is 4.42. The van der Waals surface area contributed by atoms with Crippen molar-refractivity contribution >= 4 is 11.9 Å². The van der Waals surface area contributed by atoms with Crippen LogP contribution in [0.5, 0.6) is 0 Å².